The fourth-order valence-corrected chi connectivity index (χ4v) is 2.32. The summed E-state index contributed by atoms with van der Waals surface area (Å²) in [5.74, 6) is 0.619. The lowest BCUT2D eigenvalue weighted by Gasteiger charge is -2.12. The van der Waals surface area contributed by atoms with Gasteiger partial charge >= 0.3 is 0 Å². The third-order valence-corrected chi connectivity index (χ3v) is 3.44. The molecule has 0 radical (unpaired) electrons. The van der Waals surface area contributed by atoms with Gasteiger partial charge in [0.05, 0.1) is 16.1 Å². The van der Waals surface area contributed by atoms with Crippen molar-refractivity contribution in [3.8, 4) is 0 Å². The summed E-state index contributed by atoms with van der Waals surface area (Å²) < 4.78 is 0. The second-order valence-corrected chi connectivity index (χ2v) is 4.99. The van der Waals surface area contributed by atoms with Crippen LogP contribution in [0.2, 0.25) is 10.0 Å². The summed E-state index contributed by atoms with van der Waals surface area (Å²) in [6.45, 7) is 2.01. The molecule has 2 heterocycles. The van der Waals surface area contributed by atoms with Crippen molar-refractivity contribution in [1.82, 2.24) is 9.97 Å². The van der Waals surface area contributed by atoms with Gasteiger partial charge in [-0.1, -0.05) is 23.2 Å². The number of nitrogens with zero attached hydrogens (tertiary/aromatic N) is 2. The Bertz CT molecular complexity index is 473. The van der Waals surface area contributed by atoms with Gasteiger partial charge in [0.2, 0.25) is 0 Å². The molecule has 2 aromatic rings. The van der Waals surface area contributed by atoms with Crippen LogP contribution in [0.15, 0.2) is 23.8 Å². The van der Waals surface area contributed by atoms with E-state index in [-0.39, 0.29) is 6.04 Å². The molecule has 0 aliphatic heterocycles. The number of thiazole rings is 1. The maximum absolute atomic E-state index is 6.01. The van der Waals surface area contributed by atoms with Crippen molar-refractivity contribution >= 4 is 40.4 Å². The molecule has 0 fully saturated rings. The molecule has 0 spiro atoms. The molecule has 1 atom stereocenters. The van der Waals surface area contributed by atoms with E-state index < -0.39 is 0 Å². The normalized spacial score (nSPS) is 12.4. The first-order chi connectivity index (χ1) is 7.66. The highest BCUT2D eigenvalue weighted by Gasteiger charge is 2.10. The van der Waals surface area contributed by atoms with Crippen molar-refractivity contribution in [2.24, 2.45) is 0 Å². The number of nitrogens with one attached hydrogen (secondary N) is 1. The zero-order chi connectivity index (χ0) is 11.5. The molecule has 0 saturated heterocycles. The molecule has 0 aliphatic carbocycles. The van der Waals surface area contributed by atoms with E-state index in [0.29, 0.717) is 15.9 Å². The molecule has 0 amide bonds. The van der Waals surface area contributed by atoms with E-state index in [9.17, 15) is 0 Å². The average Bonchev–Trinajstić information content (AvgIpc) is 2.75. The van der Waals surface area contributed by atoms with Crippen LogP contribution in [-0.4, -0.2) is 9.97 Å². The van der Waals surface area contributed by atoms with E-state index in [1.54, 1.807) is 29.8 Å². The molecule has 1 N–H and O–H groups in total. The molecule has 2 aromatic heterocycles. The van der Waals surface area contributed by atoms with E-state index in [4.69, 9.17) is 23.2 Å². The summed E-state index contributed by atoms with van der Waals surface area (Å²) in [5, 5.41) is 7.15. The standard InChI is InChI=1S/C10H9Cl2N3S/c1-6(10-13-2-3-16-10)15-9-8(12)4-7(11)5-14-9/h2-6H,1H3,(H,14,15). The maximum Gasteiger partial charge on any atom is 0.145 e. The Morgan fingerprint density at radius 1 is 1.38 bits per heavy atom. The molecule has 0 bridgehead atoms. The number of pyridine rings is 1. The Labute approximate surface area is 107 Å². The SMILES string of the molecule is CC(Nc1ncc(Cl)cc1Cl)c1nccs1. The number of rotatable bonds is 3. The van der Waals surface area contributed by atoms with Crippen LogP contribution in [0.1, 0.15) is 18.0 Å². The van der Waals surface area contributed by atoms with E-state index in [1.807, 2.05) is 12.3 Å². The predicted octanol–water partition coefficient (Wildman–Crippen LogP) is 4.02. The van der Waals surface area contributed by atoms with Gasteiger partial charge in [-0.15, -0.1) is 11.3 Å². The van der Waals surface area contributed by atoms with Gasteiger partial charge in [0.25, 0.3) is 0 Å². The molecule has 0 aromatic carbocycles. The van der Waals surface area contributed by atoms with Crippen molar-refractivity contribution in [1.29, 1.82) is 0 Å². The first-order valence-electron chi connectivity index (χ1n) is 4.64. The highest BCUT2D eigenvalue weighted by molar-refractivity contribution is 7.09. The Hall–Kier alpha value is -0.840. The van der Waals surface area contributed by atoms with Gasteiger partial charge < -0.3 is 5.32 Å². The topological polar surface area (TPSA) is 37.8 Å². The third-order valence-electron chi connectivity index (χ3n) is 1.98. The lowest BCUT2D eigenvalue weighted by Crippen LogP contribution is -2.07. The summed E-state index contributed by atoms with van der Waals surface area (Å²) in [7, 11) is 0. The molecule has 84 valence electrons. The zero-order valence-corrected chi connectivity index (χ0v) is 10.8. The summed E-state index contributed by atoms with van der Waals surface area (Å²) in [6.07, 6.45) is 3.33. The fourth-order valence-electron chi connectivity index (χ4n) is 1.24. The lowest BCUT2D eigenvalue weighted by atomic mass is 10.3. The van der Waals surface area contributed by atoms with Gasteiger partial charge in [0.1, 0.15) is 10.8 Å². The molecule has 16 heavy (non-hydrogen) atoms. The number of halogens is 2. The van der Waals surface area contributed by atoms with Gasteiger partial charge in [-0.3, -0.25) is 0 Å². The van der Waals surface area contributed by atoms with Crippen LogP contribution in [0.3, 0.4) is 0 Å². The minimum atomic E-state index is 0.0752. The average molecular weight is 274 g/mol. The first-order valence-corrected chi connectivity index (χ1v) is 6.27. The molecule has 0 aliphatic rings. The highest BCUT2D eigenvalue weighted by atomic mass is 35.5. The largest absolute Gasteiger partial charge is 0.360 e. The Kier molecular flexibility index (Phi) is 3.63. The van der Waals surface area contributed by atoms with Crippen molar-refractivity contribution in [3.05, 3.63) is 38.9 Å². The third kappa shape index (κ3) is 2.64. The fraction of sp³-hybridized carbons (Fsp3) is 0.200. The number of hydrogen-bond donors (Lipinski definition) is 1. The minimum absolute atomic E-state index is 0.0752. The van der Waals surface area contributed by atoms with Crippen LogP contribution in [0.4, 0.5) is 5.82 Å². The van der Waals surface area contributed by atoms with Gasteiger partial charge in [-0.2, -0.15) is 0 Å². The highest BCUT2D eigenvalue weighted by Crippen LogP contribution is 2.26. The monoisotopic (exact) mass is 273 g/mol. The van der Waals surface area contributed by atoms with Crippen molar-refractivity contribution in [3.63, 3.8) is 0 Å². The van der Waals surface area contributed by atoms with Crippen LogP contribution in [-0.2, 0) is 0 Å². The van der Waals surface area contributed by atoms with E-state index in [2.05, 4.69) is 15.3 Å². The molecule has 3 nitrogen and oxygen atoms in total. The summed E-state index contributed by atoms with van der Waals surface area (Å²) in [6, 6.07) is 1.73. The van der Waals surface area contributed by atoms with Crippen molar-refractivity contribution in [2.75, 3.05) is 5.32 Å². The van der Waals surface area contributed by atoms with Crippen molar-refractivity contribution < 1.29 is 0 Å². The Morgan fingerprint density at radius 3 is 2.81 bits per heavy atom. The zero-order valence-electron chi connectivity index (χ0n) is 8.45. The number of hydrogen-bond acceptors (Lipinski definition) is 4. The van der Waals surface area contributed by atoms with E-state index in [0.717, 1.165) is 5.01 Å². The quantitative estimate of drug-likeness (QED) is 0.918. The maximum atomic E-state index is 6.01. The predicted molar refractivity (Wildman–Crippen MR) is 68.4 cm³/mol. The Balaban J connectivity index is 2.15. The smallest absolute Gasteiger partial charge is 0.145 e. The van der Waals surface area contributed by atoms with Gasteiger partial charge in [-0.25, -0.2) is 9.97 Å². The van der Waals surface area contributed by atoms with Gasteiger partial charge in [0, 0.05) is 17.8 Å². The van der Waals surface area contributed by atoms with Crippen LogP contribution >= 0.6 is 34.5 Å². The molecule has 2 rings (SSSR count). The molecular formula is C10H9Cl2N3S. The van der Waals surface area contributed by atoms with Crippen LogP contribution in [0.25, 0.3) is 0 Å². The summed E-state index contributed by atoms with van der Waals surface area (Å²) in [4.78, 5) is 8.35. The number of aromatic nitrogens is 2. The van der Waals surface area contributed by atoms with Crippen LogP contribution in [0.5, 0.6) is 0 Å². The van der Waals surface area contributed by atoms with Crippen LogP contribution in [0, 0.1) is 0 Å². The van der Waals surface area contributed by atoms with Crippen molar-refractivity contribution in [2.45, 2.75) is 13.0 Å². The van der Waals surface area contributed by atoms with Crippen LogP contribution < -0.4 is 5.32 Å². The van der Waals surface area contributed by atoms with E-state index >= 15 is 0 Å². The summed E-state index contributed by atoms with van der Waals surface area (Å²) >= 11 is 13.4. The second-order valence-electron chi connectivity index (χ2n) is 3.22. The molecule has 1 unspecified atom stereocenters. The first kappa shape index (κ1) is 11.6. The van der Waals surface area contributed by atoms with Gasteiger partial charge in [0.15, 0.2) is 0 Å². The van der Waals surface area contributed by atoms with E-state index in [1.165, 1.54) is 0 Å². The minimum Gasteiger partial charge on any atom is -0.360 e. The summed E-state index contributed by atoms with van der Waals surface area (Å²) in [5.41, 5.74) is 0. The molecule has 0 saturated carbocycles. The molecular weight excluding hydrogens is 265 g/mol. The lowest BCUT2D eigenvalue weighted by molar-refractivity contribution is 0.861. The number of anilines is 1. The van der Waals surface area contributed by atoms with Gasteiger partial charge in [-0.05, 0) is 13.0 Å². The molecule has 6 heteroatoms. The second kappa shape index (κ2) is 4.99. The Morgan fingerprint density at radius 2 is 2.19 bits per heavy atom.